The van der Waals surface area contributed by atoms with Gasteiger partial charge in [-0.15, -0.1) is 0 Å². The monoisotopic (exact) mass is 225 g/mol. The van der Waals surface area contributed by atoms with E-state index in [2.05, 4.69) is 5.32 Å². The molecule has 0 amide bonds. The molecule has 1 aromatic carbocycles. The average molecular weight is 226 g/mol. The molecule has 0 radical (unpaired) electrons. The fourth-order valence-electron chi connectivity index (χ4n) is 1.82. The number of anilines is 1. The van der Waals surface area contributed by atoms with E-state index in [0.717, 1.165) is 11.3 Å². The van der Waals surface area contributed by atoms with Crippen molar-refractivity contribution in [2.75, 3.05) is 5.32 Å². The van der Waals surface area contributed by atoms with E-state index >= 15 is 0 Å². The Hall–Kier alpha value is -1.22. The molecule has 0 bridgehead atoms. The molecule has 0 fully saturated rings. The molecule has 3 nitrogen and oxygen atoms in total. The SMILES string of the molecule is CC1(C(=O)O)CCc2c(Cl)cccc2N1. The summed E-state index contributed by atoms with van der Waals surface area (Å²) in [6, 6.07) is 5.51. The predicted molar refractivity (Wildman–Crippen MR) is 59.4 cm³/mol. The molecule has 1 aliphatic heterocycles. The normalized spacial score (nSPS) is 24.1. The predicted octanol–water partition coefficient (Wildman–Crippen LogP) is 2.54. The minimum atomic E-state index is -0.877. The van der Waals surface area contributed by atoms with Crippen LogP contribution < -0.4 is 5.32 Å². The van der Waals surface area contributed by atoms with Gasteiger partial charge in [0.05, 0.1) is 0 Å². The summed E-state index contributed by atoms with van der Waals surface area (Å²) >= 11 is 6.03. The highest BCUT2D eigenvalue weighted by atomic mass is 35.5. The summed E-state index contributed by atoms with van der Waals surface area (Å²) in [6.07, 6.45) is 1.25. The van der Waals surface area contributed by atoms with Crippen molar-refractivity contribution < 1.29 is 9.90 Å². The first-order valence-electron chi connectivity index (χ1n) is 4.82. The van der Waals surface area contributed by atoms with Gasteiger partial charge in [-0.1, -0.05) is 17.7 Å². The lowest BCUT2D eigenvalue weighted by molar-refractivity contribution is -0.142. The zero-order valence-corrected chi connectivity index (χ0v) is 9.14. The van der Waals surface area contributed by atoms with Gasteiger partial charge in [0, 0.05) is 10.7 Å². The van der Waals surface area contributed by atoms with Crippen LogP contribution in [0.3, 0.4) is 0 Å². The molecule has 80 valence electrons. The Morgan fingerprint density at radius 1 is 1.60 bits per heavy atom. The molecule has 1 atom stereocenters. The van der Waals surface area contributed by atoms with Crippen molar-refractivity contribution in [3.8, 4) is 0 Å². The van der Waals surface area contributed by atoms with E-state index in [1.54, 1.807) is 6.92 Å². The summed E-state index contributed by atoms with van der Waals surface area (Å²) in [5.41, 5.74) is 0.967. The topological polar surface area (TPSA) is 49.3 Å². The third-order valence-electron chi connectivity index (χ3n) is 2.88. The number of carboxylic acids is 1. The second kappa shape index (κ2) is 3.42. The van der Waals surface area contributed by atoms with E-state index in [0.29, 0.717) is 17.9 Å². The van der Waals surface area contributed by atoms with Crippen LogP contribution in [0, 0.1) is 0 Å². The van der Waals surface area contributed by atoms with Gasteiger partial charge in [0.25, 0.3) is 0 Å². The van der Waals surface area contributed by atoms with Crippen LogP contribution in [-0.2, 0) is 11.2 Å². The molecule has 15 heavy (non-hydrogen) atoms. The second-order valence-electron chi connectivity index (χ2n) is 4.03. The van der Waals surface area contributed by atoms with Gasteiger partial charge < -0.3 is 10.4 Å². The summed E-state index contributed by atoms with van der Waals surface area (Å²) in [5.74, 6) is -0.826. The third-order valence-corrected chi connectivity index (χ3v) is 3.23. The quantitative estimate of drug-likeness (QED) is 0.772. The second-order valence-corrected chi connectivity index (χ2v) is 4.44. The Bertz CT molecular complexity index is 419. The van der Waals surface area contributed by atoms with Gasteiger partial charge in [0.15, 0.2) is 0 Å². The molecule has 0 spiro atoms. The summed E-state index contributed by atoms with van der Waals surface area (Å²) in [4.78, 5) is 11.1. The largest absolute Gasteiger partial charge is 0.480 e. The first-order valence-corrected chi connectivity index (χ1v) is 5.20. The van der Waals surface area contributed by atoms with Crippen molar-refractivity contribution in [2.45, 2.75) is 25.3 Å². The number of halogens is 1. The van der Waals surface area contributed by atoms with Crippen molar-refractivity contribution in [1.82, 2.24) is 0 Å². The molecule has 4 heteroatoms. The number of carboxylic acid groups (broad SMARTS) is 1. The third kappa shape index (κ3) is 1.67. The lowest BCUT2D eigenvalue weighted by atomic mass is 9.88. The number of benzene rings is 1. The maximum Gasteiger partial charge on any atom is 0.329 e. The number of nitrogens with one attached hydrogen (secondary N) is 1. The van der Waals surface area contributed by atoms with E-state index < -0.39 is 11.5 Å². The van der Waals surface area contributed by atoms with Crippen molar-refractivity contribution >= 4 is 23.3 Å². The number of hydrogen-bond donors (Lipinski definition) is 2. The smallest absolute Gasteiger partial charge is 0.329 e. The number of hydrogen-bond acceptors (Lipinski definition) is 2. The molecule has 2 rings (SSSR count). The maximum absolute atomic E-state index is 11.1. The van der Waals surface area contributed by atoms with Crippen LogP contribution in [0.15, 0.2) is 18.2 Å². The van der Waals surface area contributed by atoms with Gasteiger partial charge in [-0.25, -0.2) is 4.79 Å². The van der Waals surface area contributed by atoms with Crippen LogP contribution in [0.1, 0.15) is 18.9 Å². The highest BCUT2D eigenvalue weighted by Crippen LogP contribution is 2.34. The van der Waals surface area contributed by atoms with E-state index in [1.807, 2.05) is 18.2 Å². The summed E-state index contributed by atoms with van der Waals surface area (Å²) in [5, 5.41) is 12.8. The van der Waals surface area contributed by atoms with Crippen LogP contribution in [0.4, 0.5) is 5.69 Å². The van der Waals surface area contributed by atoms with Gasteiger partial charge in [-0.3, -0.25) is 0 Å². The number of rotatable bonds is 1. The summed E-state index contributed by atoms with van der Waals surface area (Å²) in [7, 11) is 0. The molecule has 2 N–H and O–H groups in total. The standard InChI is InChI=1S/C11H12ClNO2/c1-11(10(14)15)6-5-7-8(12)3-2-4-9(7)13-11/h2-4,13H,5-6H2,1H3,(H,14,15). The summed E-state index contributed by atoms with van der Waals surface area (Å²) in [6.45, 7) is 1.69. The van der Waals surface area contributed by atoms with Crippen molar-refractivity contribution in [3.63, 3.8) is 0 Å². The molecule has 1 heterocycles. The zero-order valence-electron chi connectivity index (χ0n) is 8.38. The van der Waals surface area contributed by atoms with Crippen LogP contribution in [-0.4, -0.2) is 16.6 Å². The molecule has 0 saturated heterocycles. The van der Waals surface area contributed by atoms with Crippen molar-refractivity contribution in [2.24, 2.45) is 0 Å². The zero-order chi connectivity index (χ0) is 11.1. The van der Waals surface area contributed by atoms with Gasteiger partial charge in [-0.05, 0) is 37.5 Å². The van der Waals surface area contributed by atoms with Crippen LogP contribution in [0.2, 0.25) is 5.02 Å². The Balaban J connectivity index is 2.39. The Morgan fingerprint density at radius 2 is 2.33 bits per heavy atom. The number of aliphatic carboxylic acids is 1. The first kappa shape index (κ1) is 10.3. The van der Waals surface area contributed by atoms with Crippen LogP contribution in [0.25, 0.3) is 0 Å². The fourth-order valence-corrected chi connectivity index (χ4v) is 2.09. The number of fused-ring (bicyclic) bond motifs is 1. The van der Waals surface area contributed by atoms with E-state index in [-0.39, 0.29) is 0 Å². The van der Waals surface area contributed by atoms with Gasteiger partial charge in [-0.2, -0.15) is 0 Å². The van der Waals surface area contributed by atoms with Gasteiger partial charge in [0.2, 0.25) is 0 Å². The maximum atomic E-state index is 11.1. The Kier molecular flexibility index (Phi) is 2.35. The minimum Gasteiger partial charge on any atom is -0.480 e. The fraction of sp³-hybridized carbons (Fsp3) is 0.364. The lowest BCUT2D eigenvalue weighted by Gasteiger charge is -2.33. The minimum absolute atomic E-state index is 0.555. The molecule has 1 unspecified atom stereocenters. The molecule has 0 aliphatic carbocycles. The van der Waals surface area contributed by atoms with Crippen LogP contribution >= 0.6 is 11.6 Å². The van der Waals surface area contributed by atoms with Crippen molar-refractivity contribution in [3.05, 3.63) is 28.8 Å². The highest BCUT2D eigenvalue weighted by molar-refractivity contribution is 6.31. The van der Waals surface area contributed by atoms with Crippen molar-refractivity contribution in [1.29, 1.82) is 0 Å². The van der Waals surface area contributed by atoms with Gasteiger partial charge in [0.1, 0.15) is 5.54 Å². The Labute approximate surface area is 93.1 Å². The first-order chi connectivity index (χ1) is 7.03. The van der Waals surface area contributed by atoms with E-state index in [4.69, 9.17) is 16.7 Å². The summed E-state index contributed by atoms with van der Waals surface area (Å²) < 4.78 is 0. The number of carbonyl (C=O) groups is 1. The lowest BCUT2D eigenvalue weighted by Crippen LogP contribution is -2.46. The van der Waals surface area contributed by atoms with E-state index in [9.17, 15) is 4.79 Å². The highest BCUT2D eigenvalue weighted by Gasteiger charge is 2.36. The molecule has 0 aromatic heterocycles. The Morgan fingerprint density at radius 3 is 3.00 bits per heavy atom. The average Bonchev–Trinajstić information content (AvgIpc) is 2.17. The molecule has 0 saturated carbocycles. The molecule has 1 aliphatic rings. The van der Waals surface area contributed by atoms with E-state index in [1.165, 1.54) is 0 Å². The molecule has 1 aromatic rings. The molecular formula is C11H12ClNO2. The van der Waals surface area contributed by atoms with Crippen LogP contribution in [0.5, 0.6) is 0 Å². The van der Waals surface area contributed by atoms with Gasteiger partial charge >= 0.3 is 5.97 Å². The molecular weight excluding hydrogens is 214 g/mol.